The summed E-state index contributed by atoms with van der Waals surface area (Å²) >= 11 is 7.05. The number of aryl methyl sites for hydroxylation is 1. The van der Waals surface area contributed by atoms with Crippen molar-refractivity contribution in [3.8, 4) is 0 Å². The molecule has 0 spiro atoms. The number of rotatable bonds is 0. The van der Waals surface area contributed by atoms with E-state index in [1.165, 1.54) is 5.56 Å². The lowest BCUT2D eigenvalue weighted by Crippen LogP contribution is -1.90. The predicted octanol–water partition coefficient (Wildman–Crippen LogP) is 4.38. The molecule has 1 heterocycles. The van der Waals surface area contributed by atoms with Crippen LogP contribution >= 0.6 is 31.9 Å². The first-order valence-electron chi connectivity index (χ1n) is 4.31. The minimum absolute atomic E-state index is 1.02. The molecule has 0 unspecified atom stereocenters. The molecule has 72 valence electrons. The maximum Gasteiger partial charge on any atom is 0.0727 e. The highest BCUT2D eigenvalue weighted by Gasteiger charge is 2.06. The smallest absolute Gasteiger partial charge is 0.0727 e. The van der Waals surface area contributed by atoms with Gasteiger partial charge in [-0.05, 0) is 47.5 Å². The standard InChI is InChI=1S/C11H9Br2N/c1-6-7(2)14-10-5-8(12)3-4-9(10)11(6)13/h3-5H,1-2H3. The molecule has 1 aromatic heterocycles. The van der Waals surface area contributed by atoms with Gasteiger partial charge in [-0.1, -0.05) is 22.0 Å². The Bertz CT molecular complexity index is 506. The number of benzene rings is 1. The molecular formula is C11H9Br2N. The SMILES string of the molecule is Cc1nc2cc(Br)ccc2c(Br)c1C. The van der Waals surface area contributed by atoms with Gasteiger partial charge in [0.2, 0.25) is 0 Å². The van der Waals surface area contributed by atoms with Crippen LogP contribution in [-0.4, -0.2) is 4.98 Å². The number of nitrogens with zero attached hydrogens (tertiary/aromatic N) is 1. The van der Waals surface area contributed by atoms with Gasteiger partial charge in [0.05, 0.1) is 5.52 Å². The molecule has 3 heteroatoms. The second-order valence-corrected chi connectivity index (χ2v) is 5.01. The summed E-state index contributed by atoms with van der Waals surface area (Å²) in [4.78, 5) is 4.54. The number of hydrogen-bond donors (Lipinski definition) is 0. The first kappa shape index (κ1) is 10.1. The summed E-state index contributed by atoms with van der Waals surface area (Å²) in [6.07, 6.45) is 0. The van der Waals surface area contributed by atoms with Crippen LogP contribution in [0.25, 0.3) is 10.9 Å². The van der Waals surface area contributed by atoms with E-state index in [0.717, 1.165) is 25.5 Å². The largest absolute Gasteiger partial charge is 0.253 e. The molecule has 0 N–H and O–H groups in total. The minimum atomic E-state index is 1.02. The van der Waals surface area contributed by atoms with E-state index in [2.05, 4.69) is 49.8 Å². The Balaban J connectivity index is 2.91. The molecule has 14 heavy (non-hydrogen) atoms. The molecule has 0 radical (unpaired) electrons. The highest BCUT2D eigenvalue weighted by atomic mass is 79.9. The summed E-state index contributed by atoms with van der Waals surface area (Å²) < 4.78 is 2.21. The van der Waals surface area contributed by atoms with Gasteiger partial charge < -0.3 is 0 Å². The maximum absolute atomic E-state index is 4.54. The van der Waals surface area contributed by atoms with Crippen LogP contribution in [0.1, 0.15) is 11.3 Å². The average Bonchev–Trinajstić information content (AvgIpc) is 2.14. The molecule has 2 aromatic rings. The van der Waals surface area contributed by atoms with E-state index in [-0.39, 0.29) is 0 Å². The Morgan fingerprint density at radius 2 is 1.86 bits per heavy atom. The molecule has 1 aromatic carbocycles. The maximum atomic E-state index is 4.54. The number of pyridine rings is 1. The van der Waals surface area contributed by atoms with Crippen molar-refractivity contribution in [2.75, 3.05) is 0 Å². The summed E-state index contributed by atoms with van der Waals surface area (Å²) in [5.74, 6) is 0. The zero-order chi connectivity index (χ0) is 10.3. The van der Waals surface area contributed by atoms with Gasteiger partial charge in [-0.2, -0.15) is 0 Å². The van der Waals surface area contributed by atoms with Gasteiger partial charge in [0.25, 0.3) is 0 Å². The van der Waals surface area contributed by atoms with Crippen molar-refractivity contribution in [1.82, 2.24) is 4.98 Å². The normalized spacial score (nSPS) is 10.9. The van der Waals surface area contributed by atoms with Crippen LogP contribution in [0, 0.1) is 13.8 Å². The number of aromatic nitrogens is 1. The van der Waals surface area contributed by atoms with Crippen molar-refractivity contribution < 1.29 is 0 Å². The van der Waals surface area contributed by atoms with E-state index in [4.69, 9.17) is 0 Å². The van der Waals surface area contributed by atoms with Crippen LogP contribution in [-0.2, 0) is 0 Å². The molecule has 0 saturated carbocycles. The molecule has 0 bridgehead atoms. The van der Waals surface area contributed by atoms with E-state index >= 15 is 0 Å². The van der Waals surface area contributed by atoms with Gasteiger partial charge in [0.15, 0.2) is 0 Å². The Hall–Kier alpha value is -0.410. The van der Waals surface area contributed by atoms with Crippen molar-refractivity contribution in [2.45, 2.75) is 13.8 Å². The third-order valence-corrected chi connectivity index (χ3v) is 3.87. The molecule has 0 fully saturated rings. The fourth-order valence-corrected chi connectivity index (χ4v) is 2.38. The highest BCUT2D eigenvalue weighted by Crippen LogP contribution is 2.29. The monoisotopic (exact) mass is 313 g/mol. The zero-order valence-corrected chi connectivity index (χ0v) is 11.1. The summed E-state index contributed by atoms with van der Waals surface area (Å²) in [7, 11) is 0. The summed E-state index contributed by atoms with van der Waals surface area (Å²) in [6.45, 7) is 4.11. The molecular weight excluding hydrogens is 306 g/mol. The van der Waals surface area contributed by atoms with Crippen molar-refractivity contribution in [3.05, 3.63) is 38.4 Å². The van der Waals surface area contributed by atoms with E-state index in [0.29, 0.717) is 0 Å². The lowest BCUT2D eigenvalue weighted by molar-refractivity contribution is 1.18. The molecule has 0 amide bonds. The second kappa shape index (κ2) is 3.63. The Labute approximate surface area is 99.8 Å². The predicted molar refractivity (Wildman–Crippen MR) is 66.6 cm³/mol. The van der Waals surface area contributed by atoms with Crippen molar-refractivity contribution in [1.29, 1.82) is 0 Å². The first-order chi connectivity index (χ1) is 6.59. The molecule has 0 aliphatic rings. The number of fused-ring (bicyclic) bond motifs is 1. The molecule has 0 saturated heterocycles. The summed E-state index contributed by atoms with van der Waals surface area (Å²) in [6, 6.07) is 6.14. The van der Waals surface area contributed by atoms with Gasteiger partial charge in [-0.15, -0.1) is 0 Å². The van der Waals surface area contributed by atoms with E-state index < -0.39 is 0 Å². The zero-order valence-electron chi connectivity index (χ0n) is 7.94. The molecule has 0 aliphatic heterocycles. The quantitative estimate of drug-likeness (QED) is 0.703. The van der Waals surface area contributed by atoms with Crippen LogP contribution in [0.3, 0.4) is 0 Å². The van der Waals surface area contributed by atoms with Crippen LogP contribution in [0.4, 0.5) is 0 Å². The van der Waals surface area contributed by atoms with E-state index in [1.807, 2.05) is 19.1 Å². The Morgan fingerprint density at radius 3 is 2.57 bits per heavy atom. The van der Waals surface area contributed by atoms with Crippen LogP contribution in [0.2, 0.25) is 0 Å². The Morgan fingerprint density at radius 1 is 1.14 bits per heavy atom. The third-order valence-electron chi connectivity index (χ3n) is 2.36. The second-order valence-electron chi connectivity index (χ2n) is 3.30. The molecule has 1 nitrogen and oxygen atoms in total. The molecule has 0 atom stereocenters. The van der Waals surface area contributed by atoms with Gasteiger partial charge >= 0.3 is 0 Å². The highest BCUT2D eigenvalue weighted by molar-refractivity contribution is 9.11. The first-order valence-corrected chi connectivity index (χ1v) is 5.90. The number of hydrogen-bond acceptors (Lipinski definition) is 1. The topological polar surface area (TPSA) is 12.9 Å². The van der Waals surface area contributed by atoms with Crippen LogP contribution in [0.15, 0.2) is 27.1 Å². The van der Waals surface area contributed by atoms with Crippen molar-refractivity contribution >= 4 is 42.8 Å². The van der Waals surface area contributed by atoms with Gasteiger partial charge in [0, 0.05) is 20.0 Å². The average molecular weight is 315 g/mol. The lowest BCUT2D eigenvalue weighted by atomic mass is 10.1. The van der Waals surface area contributed by atoms with Gasteiger partial charge in [-0.25, -0.2) is 0 Å². The minimum Gasteiger partial charge on any atom is -0.253 e. The van der Waals surface area contributed by atoms with E-state index in [9.17, 15) is 0 Å². The van der Waals surface area contributed by atoms with Crippen molar-refractivity contribution in [3.63, 3.8) is 0 Å². The molecule has 0 aliphatic carbocycles. The van der Waals surface area contributed by atoms with E-state index in [1.54, 1.807) is 0 Å². The third kappa shape index (κ3) is 1.59. The number of halogens is 2. The lowest BCUT2D eigenvalue weighted by Gasteiger charge is -2.07. The molecule has 2 rings (SSSR count). The van der Waals surface area contributed by atoms with Crippen LogP contribution < -0.4 is 0 Å². The van der Waals surface area contributed by atoms with Gasteiger partial charge in [0.1, 0.15) is 0 Å². The van der Waals surface area contributed by atoms with Crippen molar-refractivity contribution in [2.24, 2.45) is 0 Å². The fourth-order valence-electron chi connectivity index (χ4n) is 1.41. The summed E-state index contributed by atoms with van der Waals surface area (Å²) in [5.41, 5.74) is 3.30. The fraction of sp³-hybridized carbons (Fsp3) is 0.182. The van der Waals surface area contributed by atoms with Gasteiger partial charge in [-0.3, -0.25) is 4.98 Å². The van der Waals surface area contributed by atoms with Crippen LogP contribution in [0.5, 0.6) is 0 Å². The summed E-state index contributed by atoms with van der Waals surface area (Å²) in [5, 5.41) is 1.16. The Kier molecular flexibility index (Phi) is 2.62.